The monoisotopic (exact) mass is 396 g/mol. The summed E-state index contributed by atoms with van der Waals surface area (Å²) in [5.41, 5.74) is 1.87. The number of rotatable bonds is 5. The van der Waals surface area contributed by atoms with Gasteiger partial charge < -0.3 is 10.2 Å². The summed E-state index contributed by atoms with van der Waals surface area (Å²) >= 11 is 12.6. The molecule has 0 radical (unpaired) electrons. The van der Waals surface area contributed by atoms with Crippen LogP contribution in [-0.4, -0.2) is 16.2 Å². The van der Waals surface area contributed by atoms with Crippen molar-refractivity contribution in [2.75, 3.05) is 0 Å². The highest BCUT2D eigenvalue weighted by atomic mass is 35.5. The number of hydrogen-bond donors (Lipinski definition) is 2. The molecule has 0 aromatic heterocycles. The number of carboxylic acid groups (broad SMARTS) is 1. The minimum absolute atomic E-state index is 0.0805. The molecule has 2 aromatic carbocycles. The molecule has 0 aliphatic rings. The van der Waals surface area contributed by atoms with Gasteiger partial charge in [-0.2, -0.15) is 0 Å². The maximum atomic E-state index is 14.8. The molecule has 0 spiro atoms. The van der Waals surface area contributed by atoms with Gasteiger partial charge in [0, 0.05) is 27.6 Å². The summed E-state index contributed by atoms with van der Waals surface area (Å²) in [6.45, 7) is 5.07. The molecular weight excluding hydrogens is 378 g/mol. The molecule has 0 atom stereocenters. The summed E-state index contributed by atoms with van der Waals surface area (Å²) in [6.07, 6.45) is 1.62. The maximum absolute atomic E-state index is 14.8. The van der Waals surface area contributed by atoms with E-state index >= 15 is 0 Å². The number of benzene rings is 2. The minimum atomic E-state index is -1.03. The SMILES string of the molecule is C/C(=C\c1cc(Cl)c(Cc2ccc(O)c(C(C)C)c2F)c(Cl)c1)C(=O)O. The number of halogens is 3. The van der Waals surface area contributed by atoms with Gasteiger partial charge in [0.2, 0.25) is 0 Å². The number of phenolic OH excluding ortho intramolecular Hbond substituents is 1. The molecule has 2 rings (SSSR count). The second-order valence-corrected chi connectivity index (χ2v) is 7.21. The first-order valence-corrected chi connectivity index (χ1v) is 8.77. The number of aliphatic carboxylic acids is 1. The first-order chi connectivity index (χ1) is 12.1. The van der Waals surface area contributed by atoms with Crippen LogP contribution in [-0.2, 0) is 11.2 Å². The zero-order valence-corrected chi connectivity index (χ0v) is 16.1. The highest BCUT2D eigenvalue weighted by Crippen LogP contribution is 2.34. The van der Waals surface area contributed by atoms with Gasteiger partial charge in [0.25, 0.3) is 0 Å². The van der Waals surface area contributed by atoms with E-state index in [2.05, 4.69) is 0 Å². The van der Waals surface area contributed by atoms with E-state index in [0.717, 1.165) is 0 Å². The topological polar surface area (TPSA) is 57.5 Å². The first kappa shape index (κ1) is 20.3. The Bertz CT molecular complexity index is 866. The van der Waals surface area contributed by atoms with Gasteiger partial charge in [-0.1, -0.05) is 43.1 Å². The fraction of sp³-hybridized carbons (Fsp3) is 0.250. The summed E-state index contributed by atoms with van der Waals surface area (Å²) < 4.78 is 14.8. The molecular formula is C20H19Cl2FO3. The van der Waals surface area contributed by atoms with Crippen molar-refractivity contribution in [1.29, 1.82) is 0 Å². The Kier molecular flexibility index (Phi) is 6.32. The lowest BCUT2D eigenvalue weighted by atomic mass is 9.95. The van der Waals surface area contributed by atoms with Crippen LogP contribution in [0, 0.1) is 5.82 Å². The van der Waals surface area contributed by atoms with Crippen molar-refractivity contribution < 1.29 is 19.4 Å². The van der Waals surface area contributed by atoms with Crippen molar-refractivity contribution in [1.82, 2.24) is 0 Å². The standard InChI is InChI=1S/C20H19Cl2FO3/c1-10(2)18-17(24)5-4-13(19(18)23)9-14-15(21)7-12(8-16(14)22)6-11(3)20(25)26/h4-8,10,24H,9H2,1-3H3,(H,25,26)/b11-6+. The Balaban J connectivity index is 2.44. The minimum Gasteiger partial charge on any atom is -0.508 e. The van der Waals surface area contributed by atoms with Crippen molar-refractivity contribution in [3.8, 4) is 5.75 Å². The van der Waals surface area contributed by atoms with E-state index in [-0.39, 0.29) is 29.2 Å². The van der Waals surface area contributed by atoms with Gasteiger partial charge in [-0.15, -0.1) is 0 Å². The molecule has 3 nitrogen and oxygen atoms in total. The second-order valence-electron chi connectivity index (χ2n) is 6.40. The zero-order valence-electron chi connectivity index (χ0n) is 14.6. The Labute approximate surface area is 161 Å². The van der Waals surface area contributed by atoms with Crippen molar-refractivity contribution in [3.63, 3.8) is 0 Å². The molecule has 0 saturated carbocycles. The lowest BCUT2D eigenvalue weighted by Gasteiger charge is -2.15. The van der Waals surface area contributed by atoms with Crippen LogP contribution in [0.1, 0.15) is 48.9 Å². The van der Waals surface area contributed by atoms with Crippen LogP contribution in [0.3, 0.4) is 0 Å². The highest BCUT2D eigenvalue weighted by molar-refractivity contribution is 6.36. The summed E-state index contributed by atoms with van der Waals surface area (Å²) in [6, 6.07) is 6.16. The molecule has 0 amide bonds. The van der Waals surface area contributed by atoms with Crippen LogP contribution in [0.4, 0.5) is 4.39 Å². The number of carbonyl (C=O) groups is 1. The molecule has 26 heavy (non-hydrogen) atoms. The molecule has 0 aliphatic heterocycles. The molecule has 0 heterocycles. The zero-order chi connectivity index (χ0) is 19.6. The van der Waals surface area contributed by atoms with E-state index < -0.39 is 11.8 Å². The Morgan fingerprint density at radius 2 is 1.81 bits per heavy atom. The van der Waals surface area contributed by atoms with E-state index in [1.54, 1.807) is 26.0 Å². The maximum Gasteiger partial charge on any atom is 0.331 e. The predicted molar refractivity (Wildman–Crippen MR) is 103 cm³/mol. The van der Waals surface area contributed by atoms with Crippen LogP contribution in [0.2, 0.25) is 10.0 Å². The van der Waals surface area contributed by atoms with Crippen LogP contribution in [0.25, 0.3) is 6.08 Å². The normalized spacial score (nSPS) is 11.9. The fourth-order valence-corrected chi connectivity index (χ4v) is 3.33. The van der Waals surface area contributed by atoms with E-state index in [0.29, 0.717) is 26.7 Å². The summed E-state index contributed by atoms with van der Waals surface area (Å²) in [4.78, 5) is 10.9. The fourth-order valence-electron chi connectivity index (χ4n) is 2.69. The summed E-state index contributed by atoms with van der Waals surface area (Å²) in [5.74, 6) is -1.76. The molecule has 138 valence electrons. The average molecular weight is 397 g/mol. The second kappa shape index (κ2) is 8.11. The average Bonchev–Trinajstić information content (AvgIpc) is 2.52. The van der Waals surface area contributed by atoms with E-state index in [1.165, 1.54) is 25.1 Å². The third kappa shape index (κ3) is 4.37. The van der Waals surface area contributed by atoms with Gasteiger partial charge in [0.05, 0.1) is 0 Å². The molecule has 6 heteroatoms. The van der Waals surface area contributed by atoms with Gasteiger partial charge >= 0.3 is 5.97 Å². The van der Waals surface area contributed by atoms with Crippen molar-refractivity contribution >= 4 is 35.2 Å². The van der Waals surface area contributed by atoms with Crippen molar-refractivity contribution in [3.05, 3.63) is 68.0 Å². The van der Waals surface area contributed by atoms with Crippen LogP contribution < -0.4 is 0 Å². The lowest BCUT2D eigenvalue weighted by molar-refractivity contribution is -0.132. The molecule has 0 fully saturated rings. The molecule has 2 N–H and O–H groups in total. The Morgan fingerprint density at radius 3 is 2.31 bits per heavy atom. The quantitative estimate of drug-likeness (QED) is 0.605. The van der Waals surface area contributed by atoms with E-state index in [9.17, 15) is 14.3 Å². The lowest BCUT2D eigenvalue weighted by Crippen LogP contribution is -2.01. The molecule has 0 aliphatic carbocycles. The molecule has 0 bridgehead atoms. The third-order valence-corrected chi connectivity index (χ3v) is 4.74. The van der Waals surface area contributed by atoms with Crippen LogP contribution >= 0.6 is 23.2 Å². The van der Waals surface area contributed by atoms with Crippen LogP contribution in [0.5, 0.6) is 5.75 Å². The van der Waals surface area contributed by atoms with Gasteiger partial charge in [0.15, 0.2) is 0 Å². The Hall–Kier alpha value is -2.04. The van der Waals surface area contributed by atoms with E-state index in [4.69, 9.17) is 28.3 Å². The molecule has 0 saturated heterocycles. The summed E-state index contributed by atoms with van der Waals surface area (Å²) in [7, 11) is 0. The van der Waals surface area contributed by atoms with Crippen molar-refractivity contribution in [2.45, 2.75) is 33.1 Å². The predicted octanol–water partition coefficient (Wildman–Crippen LogP) is 6.04. The van der Waals surface area contributed by atoms with Gasteiger partial charge in [-0.3, -0.25) is 0 Å². The molecule has 2 aromatic rings. The van der Waals surface area contributed by atoms with E-state index in [1.807, 2.05) is 0 Å². The van der Waals surface area contributed by atoms with Crippen molar-refractivity contribution in [2.24, 2.45) is 0 Å². The highest BCUT2D eigenvalue weighted by Gasteiger charge is 2.18. The molecule has 0 unspecified atom stereocenters. The number of carboxylic acids is 1. The Morgan fingerprint density at radius 1 is 1.23 bits per heavy atom. The number of phenols is 1. The van der Waals surface area contributed by atoms with Crippen LogP contribution in [0.15, 0.2) is 29.8 Å². The number of aromatic hydroxyl groups is 1. The largest absolute Gasteiger partial charge is 0.508 e. The van der Waals surface area contributed by atoms with Gasteiger partial charge in [-0.25, -0.2) is 9.18 Å². The summed E-state index contributed by atoms with van der Waals surface area (Å²) in [5, 5.41) is 19.5. The third-order valence-electron chi connectivity index (χ3n) is 4.07. The number of hydrogen-bond acceptors (Lipinski definition) is 2. The van der Waals surface area contributed by atoms with Gasteiger partial charge in [0.1, 0.15) is 11.6 Å². The smallest absolute Gasteiger partial charge is 0.331 e. The first-order valence-electron chi connectivity index (χ1n) is 8.01. The van der Waals surface area contributed by atoms with Gasteiger partial charge in [-0.05, 0) is 53.8 Å².